The van der Waals surface area contributed by atoms with Crippen LogP contribution in [0.15, 0.2) is 51.9 Å². The molecule has 0 saturated carbocycles. The van der Waals surface area contributed by atoms with Crippen LogP contribution in [-0.2, 0) is 17.8 Å². The number of nitrogens with one attached hydrogen (secondary N) is 1. The molecule has 0 unspecified atom stereocenters. The lowest BCUT2D eigenvalue weighted by Crippen LogP contribution is -2.33. The normalized spacial score (nSPS) is 12.0. The Labute approximate surface area is 138 Å². The number of rotatable bonds is 5. The molecule has 0 saturated heterocycles. The van der Waals surface area contributed by atoms with E-state index in [4.69, 9.17) is 0 Å². The van der Waals surface area contributed by atoms with Crippen LogP contribution in [0.1, 0.15) is 31.0 Å². The van der Waals surface area contributed by atoms with Crippen LogP contribution >= 0.6 is 15.9 Å². The first-order chi connectivity index (χ1) is 10.5. The summed E-state index contributed by atoms with van der Waals surface area (Å²) in [7, 11) is 0. The second-order valence-corrected chi connectivity index (χ2v) is 6.11. The average molecular weight is 363 g/mol. The minimum atomic E-state index is -0.196. The topological polar surface area (TPSA) is 51.1 Å². The molecular weight excluding hydrogens is 344 g/mol. The van der Waals surface area contributed by atoms with Gasteiger partial charge in [0.1, 0.15) is 6.54 Å². The molecule has 1 amide bonds. The molecule has 22 heavy (non-hydrogen) atoms. The number of carbonyl (C=O) groups is 1. The maximum atomic E-state index is 12.1. The van der Waals surface area contributed by atoms with E-state index in [2.05, 4.69) is 40.3 Å². The van der Waals surface area contributed by atoms with Crippen LogP contribution in [0.25, 0.3) is 0 Å². The number of halogens is 1. The Morgan fingerprint density at radius 2 is 1.91 bits per heavy atom. The number of benzene rings is 1. The zero-order chi connectivity index (χ0) is 16.1. The van der Waals surface area contributed by atoms with E-state index in [0.29, 0.717) is 0 Å². The molecule has 0 bridgehead atoms. The van der Waals surface area contributed by atoms with Crippen molar-refractivity contribution in [3.05, 3.63) is 68.5 Å². The van der Waals surface area contributed by atoms with Crippen LogP contribution in [0.4, 0.5) is 0 Å². The predicted octanol–water partition coefficient (Wildman–Crippen LogP) is 3.05. The highest BCUT2D eigenvalue weighted by Crippen LogP contribution is 2.13. The first kappa shape index (κ1) is 16.5. The SMILES string of the molecule is CCc1ccc([C@H](C)NC(=O)Cn2cc(Br)ccc2=O)cc1. The van der Waals surface area contributed by atoms with E-state index in [9.17, 15) is 9.59 Å². The van der Waals surface area contributed by atoms with Gasteiger partial charge in [-0.15, -0.1) is 0 Å². The van der Waals surface area contributed by atoms with Gasteiger partial charge in [-0.1, -0.05) is 31.2 Å². The summed E-state index contributed by atoms with van der Waals surface area (Å²) in [5, 5.41) is 2.91. The van der Waals surface area contributed by atoms with Crippen molar-refractivity contribution >= 4 is 21.8 Å². The Kier molecular flexibility index (Phi) is 5.55. The van der Waals surface area contributed by atoms with Crippen LogP contribution < -0.4 is 10.9 Å². The number of amides is 1. The molecule has 0 spiro atoms. The monoisotopic (exact) mass is 362 g/mol. The number of hydrogen-bond acceptors (Lipinski definition) is 2. The number of pyridine rings is 1. The van der Waals surface area contributed by atoms with Crippen molar-refractivity contribution in [2.24, 2.45) is 0 Å². The van der Waals surface area contributed by atoms with E-state index >= 15 is 0 Å². The number of aryl methyl sites for hydroxylation is 1. The van der Waals surface area contributed by atoms with E-state index in [0.717, 1.165) is 16.5 Å². The fraction of sp³-hybridized carbons (Fsp3) is 0.294. The summed E-state index contributed by atoms with van der Waals surface area (Å²) in [6.45, 7) is 4.05. The summed E-state index contributed by atoms with van der Waals surface area (Å²) in [4.78, 5) is 23.8. The molecule has 1 N–H and O–H groups in total. The molecule has 0 aliphatic rings. The van der Waals surface area contributed by atoms with Crippen molar-refractivity contribution < 1.29 is 4.79 Å². The quantitative estimate of drug-likeness (QED) is 0.888. The lowest BCUT2D eigenvalue weighted by molar-refractivity contribution is -0.122. The molecule has 1 aromatic carbocycles. The lowest BCUT2D eigenvalue weighted by atomic mass is 10.1. The smallest absolute Gasteiger partial charge is 0.251 e. The first-order valence-electron chi connectivity index (χ1n) is 7.23. The van der Waals surface area contributed by atoms with Crippen LogP contribution in [0, 0.1) is 0 Å². The van der Waals surface area contributed by atoms with E-state index in [1.165, 1.54) is 16.2 Å². The van der Waals surface area contributed by atoms with Crippen LogP contribution in [0.5, 0.6) is 0 Å². The first-order valence-corrected chi connectivity index (χ1v) is 8.03. The van der Waals surface area contributed by atoms with Gasteiger partial charge in [0, 0.05) is 16.7 Å². The van der Waals surface area contributed by atoms with Crippen molar-refractivity contribution in [2.45, 2.75) is 32.9 Å². The molecule has 1 aromatic heterocycles. The molecule has 1 heterocycles. The molecule has 0 fully saturated rings. The lowest BCUT2D eigenvalue weighted by Gasteiger charge is -2.15. The summed E-state index contributed by atoms with van der Waals surface area (Å²) in [5.41, 5.74) is 2.12. The fourth-order valence-corrected chi connectivity index (χ4v) is 2.57. The van der Waals surface area contributed by atoms with Gasteiger partial charge in [-0.25, -0.2) is 0 Å². The van der Waals surface area contributed by atoms with Gasteiger partial charge in [0.05, 0.1) is 6.04 Å². The van der Waals surface area contributed by atoms with Gasteiger partial charge in [0.15, 0.2) is 0 Å². The number of hydrogen-bond donors (Lipinski definition) is 1. The summed E-state index contributed by atoms with van der Waals surface area (Å²) >= 11 is 3.30. The van der Waals surface area contributed by atoms with Gasteiger partial charge < -0.3 is 9.88 Å². The van der Waals surface area contributed by atoms with Gasteiger partial charge in [-0.3, -0.25) is 9.59 Å². The second-order valence-electron chi connectivity index (χ2n) is 5.20. The highest BCUT2D eigenvalue weighted by Gasteiger charge is 2.10. The average Bonchev–Trinajstić information content (AvgIpc) is 2.51. The molecule has 0 radical (unpaired) electrons. The Morgan fingerprint density at radius 1 is 1.23 bits per heavy atom. The van der Waals surface area contributed by atoms with Gasteiger partial charge >= 0.3 is 0 Å². The Bertz CT molecular complexity index is 707. The van der Waals surface area contributed by atoms with Gasteiger partial charge in [-0.2, -0.15) is 0 Å². The summed E-state index contributed by atoms with van der Waals surface area (Å²) in [6, 6.07) is 11.2. The van der Waals surface area contributed by atoms with E-state index < -0.39 is 0 Å². The molecule has 5 heteroatoms. The minimum absolute atomic E-state index is 0.00958. The predicted molar refractivity (Wildman–Crippen MR) is 90.8 cm³/mol. The second kappa shape index (κ2) is 7.40. The van der Waals surface area contributed by atoms with E-state index in [1.807, 2.05) is 19.1 Å². The Balaban J connectivity index is 2.01. The van der Waals surface area contributed by atoms with Crippen molar-refractivity contribution in [2.75, 3.05) is 0 Å². The fourth-order valence-electron chi connectivity index (χ4n) is 2.19. The third kappa shape index (κ3) is 4.31. The highest BCUT2D eigenvalue weighted by molar-refractivity contribution is 9.10. The van der Waals surface area contributed by atoms with E-state index in [-0.39, 0.29) is 24.1 Å². The molecule has 2 rings (SSSR count). The molecule has 1 atom stereocenters. The Morgan fingerprint density at radius 3 is 2.55 bits per heavy atom. The van der Waals surface area contributed by atoms with Gasteiger partial charge in [0.2, 0.25) is 5.91 Å². The van der Waals surface area contributed by atoms with Crippen LogP contribution in [0.3, 0.4) is 0 Å². The molecule has 0 aliphatic carbocycles. The molecule has 116 valence electrons. The van der Waals surface area contributed by atoms with Gasteiger partial charge in [-0.05, 0) is 46.5 Å². The zero-order valence-electron chi connectivity index (χ0n) is 12.7. The largest absolute Gasteiger partial charge is 0.348 e. The maximum absolute atomic E-state index is 12.1. The molecular formula is C17H19BrN2O2. The Hall–Kier alpha value is -1.88. The molecule has 2 aromatic rings. The standard InChI is InChI=1S/C17H19BrN2O2/c1-3-13-4-6-14(7-5-13)12(2)19-16(21)11-20-10-15(18)8-9-17(20)22/h4-10,12H,3,11H2,1-2H3,(H,19,21)/t12-/m0/s1. The maximum Gasteiger partial charge on any atom is 0.251 e. The van der Waals surface area contributed by atoms with Crippen molar-refractivity contribution in [3.63, 3.8) is 0 Å². The van der Waals surface area contributed by atoms with Crippen molar-refractivity contribution in [1.29, 1.82) is 0 Å². The van der Waals surface area contributed by atoms with Crippen LogP contribution in [0.2, 0.25) is 0 Å². The number of aromatic nitrogens is 1. The minimum Gasteiger partial charge on any atom is -0.348 e. The number of nitrogens with zero attached hydrogens (tertiary/aromatic N) is 1. The van der Waals surface area contributed by atoms with E-state index in [1.54, 1.807) is 12.3 Å². The molecule has 4 nitrogen and oxygen atoms in total. The number of carbonyl (C=O) groups excluding carboxylic acids is 1. The summed E-state index contributed by atoms with van der Waals surface area (Å²) in [6.07, 6.45) is 2.61. The summed E-state index contributed by atoms with van der Waals surface area (Å²) in [5.74, 6) is -0.188. The van der Waals surface area contributed by atoms with Crippen molar-refractivity contribution in [1.82, 2.24) is 9.88 Å². The molecule has 0 aliphatic heterocycles. The third-order valence-corrected chi connectivity index (χ3v) is 4.00. The van der Waals surface area contributed by atoms with Gasteiger partial charge in [0.25, 0.3) is 5.56 Å². The highest BCUT2D eigenvalue weighted by atomic mass is 79.9. The summed E-state index contributed by atoms with van der Waals surface area (Å²) < 4.78 is 2.15. The third-order valence-electron chi connectivity index (χ3n) is 3.53. The zero-order valence-corrected chi connectivity index (χ0v) is 14.3. The van der Waals surface area contributed by atoms with Crippen molar-refractivity contribution in [3.8, 4) is 0 Å². The van der Waals surface area contributed by atoms with Crippen LogP contribution in [-0.4, -0.2) is 10.5 Å².